The summed E-state index contributed by atoms with van der Waals surface area (Å²) in [7, 11) is 0. The van der Waals surface area contributed by atoms with Gasteiger partial charge in [0.15, 0.2) is 5.78 Å². The Morgan fingerprint density at radius 3 is 2.69 bits per heavy atom. The lowest BCUT2D eigenvalue weighted by atomic mass is 10.1. The number of rotatable bonds is 4. The SMILES string of the molecule is CC(C)Oc1cccc(C(=O)C2CC2C)c1. The summed E-state index contributed by atoms with van der Waals surface area (Å²) in [5.74, 6) is 1.85. The maximum Gasteiger partial charge on any atom is 0.166 e. The third-order valence-electron chi connectivity index (χ3n) is 2.94. The summed E-state index contributed by atoms with van der Waals surface area (Å²) in [6.45, 7) is 6.09. The molecule has 0 aliphatic heterocycles. The molecular formula is C14H18O2. The van der Waals surface area contributed by atoms with E-state index in [0.717, 1.165) is 17.7 Å². The Balaban J connectivity index is 2.12. The van der Waals surface area contributed by atoms with Crippen molar-refractivity contribution in [2.75, 3.05) is 0 Å². The molecule has 2 atom stereocenters. The first-order valence-corrected chi connectivity index (χ1v) is 5.89. The number of ether oxygens (including phenoxy) is 1. The summed E-state index contributed by atoms with van der Waals surface area (Å²) in [6, 6.07) is 7.51. The van der Waals surface area contributed by atoms with Crippen LogP contribution < -0.4 is 4.74 Å². The van der Waals surface area contributed by atoms with E-state index in [9.17, 15) is 4.79 Å². The summed E-state index contributed by atoms with van der Waals surface area (Å²) in [4.78, 5) is 12.0. The van der Waals surface area contributed by atoms with Gasteiger partial charge in [0.2, 0.25) is 0 Å². The molecule has 0 saturated heterocycles. The van der Waals surface area contributed by atoms with Crippen molar-refractivity contribution < 1.29 is 9.53 Å². The number of hydrogen-bond donors (Lipinski definition) is 0. The highest BCUT2D eigenvalue weighted by molar-refractivity contribution is 5.99. The molecule has 1 fully saturated rings. The van der Waals surface area contributed by atoms with Gasteiger partial charge in [0, 0.05) is 11.5 Å². The van der Waals surface area contributed by atoms with E-state index in [1.54, 1.807) is 0 Å². The van der Waals surface area contributed by atoms with Gasteiger partial charge < -0.3 is 4.74 Å². The second-order valence-electron chi connectivity index (χ2n) is 4.88. The minimum absolute atomic E-state index is 0.144. The van der Waals surface area contributed by atoms with Crippen LogP contribution in [0.1, 0.15) is 37.6 Å². The molecular weight excluding hydrogens is 200 g/mol. The van der Waals surface area contributed by atoms with E-state index in [2.05, 4.69) is 6.92 Å². The molecule has 16 heavy (non-hydrogen) atoms. The quantitative estimate of drug-likeness (QED) is 0.725. The van der Waals surface area contributed by atoms with Gasteiger partial charge in [0.1, 0.15) is 5.75 Å². The average Bonchev–Trinajstić information content (AvgIpc) is 2.94. The second-order valence-corrected chi connectivity index (χ2v) is 4.88. The van der Waals surface area contributed by atoms with Crippen LogP contribution >= 0.6 is 0 Å². The van der Waals surface area contributed by atoms with Gasteiger partial charge in [-0.05, 0) is 38.3 Å². The summed E-state index contributed by atoms with van der Waals surface area (Å²) in [5.41, 5.74) is 0.785. The zero-order chi connectivity index (χ0) is 11.7. The average molecular weight is 218 g/mol. The first kappa shape index (κ1) is 11.2. The maximum absolute atomic E-state index is 12.0. The first-order chi connectivity index (χ1) is 7.58. The first-order valence-electron chi connectivity index (χ1n) is 5.89. The van der Waals surface area contributed by atoms with Crippen LogP contribution in [0.2, 0.25) is 0 Å². The number of ketones is 1. The number of carbonyl (C=O) groups is 1. The molecule has 2 rings (SSSR count). The van der Waals surface area contributed by atoms with Crippen LogP contribution in [-0.2, 0) is 0 Å². The normalized spacial score (nSPS) is 23.2. The third-order valence-corrected chi connectivity index (χ3v) is 2.94. The van der Waals surface area contributed by atoms with Crippen molar-refractivity contribution in [1.29, 1.82) is 0 Å². The molecule has 2 unspecified atom stereocenters. The van der Waals surface area contributed by atoms with Crippen molar-refractivity contribution in [1.82, 2.24) is 0 Å². The van der Waals surface area contributed by atoms with Crippen molar-refractivity contribution in [3.05, 3.63) is 29.8 Å². The van der Waals surface area contributed by atoms with Crippen molar-refractivity contribution in [2.24, 2.45) is 11.8 Å². The van der Waals surface area contributed by atoms with E-state index in [1.807, 2.05) is 38.1 Å². The molecule has 86 valence electrons. The van der Waals surface area contributed by atoms with Crippen LogP contribution in [0.15, 0.2) is 24.3 Å². The Morgan fingerprint density at radius 1 is 1.44 bits per heavy atom. The Morgan fingerprint density at radius 2 is 2.12 bits per heavy atom. The zero-order valence-corrected chi connectivity index (χ0v) is 10.1. The van der Waals surface area contributed by atoms with Gasteiger partial charge in [-0.2, -0.15) is 0 Å². The largest absolute Gasteiger partial charge is 0.491 e. The summed E-state index contributed by atoms with van der Waals surface area (Å²) >= 11 is 0. The predicted octanol–water partition coefficient (Wildman–Crippen LogP) is 3.31. The van der Waals surface area contributed by atoms with Crippen LogP contribution in [0.25, 0.3) is 0 Å². The van der Waals surface area contributed by atoms with E-state index in [4.69, 9.17) is 4.74 Å². The van der Waals surface area contributed by atoms with Crippen molar-refractivity contribution >= 4 is 5.78 Å². The highest BCUT2D eigenvalue weighted by atomic mass is 16.5. The molecule has 0 heterocycles. The third kappa shape index (κ3) is 2.43. The van der Waals surface area contributed by atoms with Crippen LogP contribution in [0.5, 0.6) is 5.75 Å². The lowest BCUT2D eigenvalue weighted by molar-refractivity contribution is 0.0961. The molecule has 1 aromatic carbocycles. The summed E-state index contributed by atoms with van der Waals surface area (Å²) in [6.07, 6.45) is 1.18. The van der Waals surface area contributed by atoms with Gasteiger partial charge in [0.25, 0.3) is 0 Å². The Kier molecular flexibility index (Phi) is 2.99. The van der Waals surface area contributed by atoms with Crippen LogP contribution in [0.4, 0.5) is 0 Å². The Hall–Kier alpha value is -1.31. The molecule has 0 amide bonds. The molecule has 0 radical (unpaired) electrons. The molecule has 1 aliphatic rings. The van der Waals surface area contributed by atoms with E-state index in [1.165, 1.54) is 0 Å². The summed E-state index contributed by atoms with van der Waals surface area (Å²) < 4.78 is 5.58. The number of Topliss-reactive ketones (excluding diaryl/α,β-unsaturated/α-hetero) is 1. The lowest BCUT2D eigenvalue weighted by Gasteiger charge is -2.10. The number of hydrogen-bond acceptors (Lipinski definition) is 2. The standard InChI is InChI=1S/C14H18O2/c1-9(2)16-12-6-4-5-11(8-12)14(15)13-7-10(13)3/h4-6,8-10,13H,7H2,1-3H3. The van der Waals surface area contributed by atoms with E-state index in [-0.39, 0.29) is 17.8 Å². The van der Waals surface area contributed by atoms with Gasteiger partial charge in [-0.25, -0.2) is 0 Å². The van der Waals surface area contributed by atoms with Crippen LogP contribution in [0.3, 0.4) is 0 Å². The predicted molar refractivity (Wildman–Crippen MR) is 63.8 cm³/mol. The minimum atomic E-state index is 0.144. The topological polar surface area (TPSA) is 26.3 Å². The van der Waals surface area contributed by atoms with Gasteiger partial charge in [-0.1, -0.05) is 19.1 Å². The number of carbonyl (C=O) groups excluding carboxylic acids is 1. The van der Waals surface area contributed by atoms with Crippen LogP contribution in [-0.4, -0.2) is 11.9 Å². The molecule has 1 saturated carbocycles. The van der Waals surface area contributed by atoms with Crippen molar-refractivity contribution in [2.45, 2.75) is 33.3 Å². The van der Waals surface area contributed by atoms with Crippen LogP contribution in [0, 0.1) is 11.8 Å². The van der Waals surface area contributed by atoms with Gasteiger partial charge in [0.05, 0.1) is 6.10 Å². The van der Waals surface area contributed by atoms with E-state index in [0.29, 0.717) is 5.92 Å². The van der Waals surface area contributed by atoms with Gasteiger partial charge in [-0.3, -0.25) is 4.79 Å². The molecule has 0 bridgehead atoms. The maximum atomic E-state index is 12.0. The highest BCUT2D eigenvalue weighted by Crippen LogP contribution is 2.40. The molecule has 1 aromatic rings. The Bertz CT molecular complexity index is 395. The second kappa shape index (κ2) is 4.28. The molecule has 2 heteroatoms. The molecule has 1 aliphatic carbocycles. The number of benzene rings is 1. The lowest BCUT2D eigenvalue weighted by Crippen LogP contribution is -2.07. The van der Waals surface area contributed by atoms with Crippen molar-refractivity contribution in [3.8, 4) is 5.75 Å². The fourth-order valence-electron chi connectivity index (χ4n) is 1.90. The Labute approximate surface area is 96.6 Å². The smallest absolute Gasteiger partial charge is 0.166 e. The molecule has 0 N–H and O–H groups in total. The highest BCUT2D eigenvalue weighted by Gasteiger charge is 2.39. The summed E-state index contributed by atoms with van der Waals surface area (Å²) in [5, 5.41) is 0. The van der Waals surface area contributed by atoms with Gasteiger partial charge in [-0.15, -0.1) is 0 Å². The monoisotopic (exact) mass is 218 g/mol. The fourth-order valence-corrected chi connectivity index (χ4v) is 1.90. The molecule has 2 nitrogen and oxygen atoms in total. The zero-order valence-electron chi connectivity index (χ0n) is 10.1. The molecule has 0 aromatic heterocycles. The van der Waals surface area contributed by atoms with Crippen molar-refractivity contribution in [3.63, 3.8) is 0 Å². The van der Waals surface area contributed by atoms with E-state index < -0.39 is 0 Å². The molecule has 0 spiro atoms. The van der Waals surface area contributed by atoms with Gasteiger partial charge >= 0.3 is 0 Å². The fraction of sp³-hybridized carbons (Fsp3) is 0.500. The minimum Gasteiger partial charge on any atom is -0.491 e. The van der Waals surface area contributed by atoms with E-state index >= 15 is 0 Å².